The van der Waals surface area contributed by atoms with E-state index in [1.54, 1.807) is 0 Å². The molecule has 2 rings (SSSR count). The number of nitrogens with one attached hydrogen (secondary N) is 1. The minimum atomic E-state index is -2.25. The van der Waals surface area contributed by atoms with Gasteiger partial charge in [0.1, 0.15) is 0 Å². The second kappa shape index (κ2) is 5.39. The zero-order valence-corrected chi connectivity index (χ0v) is 9.26. The van der Waals surface area contributed by atoms with Gasteiger partial charge in [-0.3, -0.25) is 0 Å². The Kier molecular flexibility index (Phi) is 3.88. The zero-order valence-electron chi connectivity index (χ0n) is 9.26. The van der Waals surface area contributed by atoms with Gasteiger partial charge in [-0.05, 0) is 36.4 Å². The number of alkyl halides is 2. The van der Waals surface area contributed by atoms with E-state index in [1.165, 1.54) is 0 Å². The standard InChI is InChI=1S/C13H17F2N/c14-13(15)8-10-4-1-2-6-12(10)11-5-3-7-16-9-11/h1-2,4,6,11,13,16H,3,5,7-9H2. The van der Waals surface area contributed by atoms with Crippen LogP contribution in [0.15, 0.2) is 24.3 Å². The summed E-state index contributed by atoms with van der Waals surface area (Å²) in [7, 11) is 0. The summed E-state index contributed by atoms with van der Waals surface area (Å²) in [4.78, 5) is 0. The Bertz CT molecular complexity index is 332. The number of rotatable bonds is 3. The van der Waals surface area contributed by atoms with Gasteiger partial charge in [0, 0.05) is 13.0 Å². The molecular formula is C13H17F2N. The van der Waals surface area contributed by atoms with Crippen molar-refractivity contribution in [1.82, 2.24) is 5.32 Å². The minimum absolute atomic E-state index is 0.118. The Morgan fingerprint density at radius 2 is 2.12 bits per heavy atom. The van der Waals surface area contributed by atoms with Crippen molar-refractivity contribution < 1.29 is 8.78 Å². The van der Waals surface area contributed by atoms with Gasteiger partial charge in [-0.1, -0.05) is 24.3 Å². The van der Waals surface area contributed by atoms with Crippen molar-refractivity contribution in [2.45, 2.75) is 31.6 Å². The van der Waals surface area contributed by atoms with Crippen molar-refractivity contribution in [3.63, 3.8) is 0 Å². The summed E-state index contributed by atoms with van der Waals surface area (Å²) in [5.41, 5.74) is 1.92. The fourth-order valence-corrected chi connectivity index (χ4v) is 2.40. The molecule has 0 aromatic heterocycles. The first kappa shape index (κ1) is 11.5. The molecule has 0 aliphatic carbocycles. The van der Waals surface area contributed by atoms with Crippen molar-refractivity contribution in [3.8, 4) is 0 Å². The third-order valence-electron chi connectivity index (χ3n) is 3.17. The highest BCUT2D eigenvalue weighted by molar-refractivity contribution is 5.31. The third kappa shape index (κ3) is 2.79. The highest BCUT2D eigenvalue weighted by Gasteiger charge is 2.19. The highest BCUT2D eigenvalue weighted by Crippen LogP contribution is 2.27. The molecule has 0 amide bonds. The molecule has 0 radical (unpaired) electrons. The SMILES string of the molecule is FC(F)Cc1ccccc1C1CCCNC1. The largest absolute Gasteiger partial charge is 0.316 e. The van der Waals surface area contributed by atoms with Gasteiger partial charge in [0.05, 0.1) is 0 Å². The average molecular weight is 225 g/mol. The molecule has 1 atom stereocenters. The van der Waals surface area contributed by atoms with E-state index in [0.29, 0.717) is 5.92 Å². The molecule has 1 unspecified atom stereocenters. The maximum absolute atomic E-state index is 12.5. The van der Waals surface area contributed by atoms with Gasteiger partial charge >= 0.3 is 0 Å². The number of halogens is 2. The van der Waals surface area contributed by atoms with E-state index < -0.39 is 6.43 Å². The van der Waals surface area contributed by atoms with Crippen molar-refractivity contribution in [2.24, 2.45) is 0 Å². The van der Waals surface area contributed by atoms with Gasteiger partial charge in [0.15, 0.2) is 0 Å². The van der Waals surface area contributed by atoms with Crippen LogP contribution in [-0.2, 0) is 6.42 Å². The van der Waals surface area contributed by atoms with Crippen LogP contribution in [0.2, 0.25) is 0 Å². The Labute approximate surface area is 94.9 Å². The van der Waals surface area contributed by atoms with Gasteiger partial charge in [-0.15, -0.1) is 0 Å². The first-order valence-electron chi connectivity index (χ1n) is 5.84. The minimum Gasteiger partial charge on any atom is -0.316 e. The molecule has 1 aromatic rings. The summed E-state index contributed by atoms with van der Waals surface area (Å²) in [5.74, 6) is 0.406. The third-order valence-corrected chi connectivity index (χ3v) is 3.17. The van der Waals surface area contributed by atoms with Crippen molar-refractivity contribution in [2.75, 3.05) is 13.1 Å². The molecule has 1 nitrogen and oxygen atoms in total. The number of hydrogen-bond donors (Lipinski definition) is 1. The first-order chi connectivity index (χ1) is 7.77. The molecule has 0 spiro atoms. The monoisotopic (exact) mass is 225 g/mol. The fraction of sp³-hybridized carbons (Fsp3) is 0.538. The van der Waals surface area contributed by atoms with Crippen LogP contribution in [0.1, 0.15) is 29.9 Å². The zero-order chi connectivity index (χ0) is 11.4. The van der Waals surface area contributed by atoms with E-state index in [2.05, 4.69) is 5.32 Å². The van der Waals surface area contributed by atoms with Crippen molar-refractivity contribution >= 4 is 0 Å². The molecule has 1 saturated heterocycles. The van der Waals surface area contributed by atoms with Gasteiger partial charge in [-0.2, -0.15) is 0 Å². The maximum atomic E-state index is 12.5. The summed E-state index contributed by atoms with van der Waals surface area (Å²) >= 11 is 0. The molecule has 1 aliphatic heterocycles. The number of benzene rings is 1. The molecule has 0 saturated carbocycles. The molecule has 1 fully saturated rings. The van der Waals surface area contributed by atoms with Gasteiger partial charge in [-0.25, -0.2) is 8.78 Å². The van der Waals surface area contributed by atoms with E-state index >= 15 is 0 Å². The van der Waals surface area contributed by atoms with Crippen LogP contribution in [0.25, 0.3) is 0 Å². The molecule has 1 aromatic carbocycles. The normalized spacial score (nSPS) is 21.3. The molecule has 0 bridgehead atoms. The molecule has 1 heterocycles. The van der Waals surface area contributed by atoms with Gasteiger partial charge in [0.25, 0.3) is 0 Å². The summed E-state index contributed by atoms with van der Waals surface area (Å²) in [6.07, 6.45) is -0.133. The summed E-state index contributed by atoms with van der Waals surface area (Å²) in [6, 6.07) is 7.61. The molecule has 88 valence electrons. The Hall–Kier alpha value is -0.960. The predicted molar refractivity (Wildman–Crippen MR) is 61.0 cm³/mol. The van der Waals surface area contributed by atoms with Crippen LogP contribution in [0.4, 0.5) is 8.78 Å². The van der Waals surface area contributed by atoms with Crippen LogP contribution < -0.4 is 5.32 Å². The predicted octanol–water partition coefficient (Wildman–Crippen LogP) is 2.96. The molecule has 16 heavy (non-hydrogen) atoms. The first-order valence-corrected chi connectivity index (χ1v) is 5.84. The van der Waals surface area contributed by atoms with Crippen molar-refractivity contribution in [3.05, 3.63) is 35.4 Å². The molecule has 1 N–H and O–H groups in total. The number of piperidine rings is 1. The van der Waals surface area contributed by atoms with E-state index in [-0.39, 0.29) is 6.42 Å². The molecular weight excluding hydrogens is 208 g/mol. The highest BCUT2D eigenvalue weighted by atomic mass is 19.3. The van der Waals surface area contributed by atoms with E-state index in [1.807, 2.05) is 24.3 Å². The maximum Gasteiger partial charge on any atom is 0.242 e. The van der Waals surface area contributed by atoms with Crippen LogP contribution in [0.5, 0.6) is 0 Å². The lowest BCUT2D eigenvalue weighted by Gasteiger charge is -2.25. The fourth-order valence-electron chi connectivity index (χ4n) is 2.40. The van der Waals surface area contributed by atoms with Crippen LogP contribution >= 0.6 is 0 Å². The number of hydrogen-bond acceptors (Lipinski definition) is 1. The summed E-state index contributed by atoms with van der Waals surface area (Å²) in [5, 5.41) is 3.33. The quantitative estimate of drug-likeness (QED) is 0.834. The van der Waals surface area contributed by atoms with Crippen LogP contribution in [0, 0.1) is 0 Å². The van der Waals surface area contributed by atoms with Crippen molar-refractivity contribution in [1.29, 1.82) is 0 Å². The van der Waals surface area contributed by atoms with E-state index in [4.69, 9.17) is 0 Å². The second-order valence-electron chi connectivity index (χ2n) is 4.34. The van der Waals surface area contributed by atoms with E-state index in [0.717, 1.165) is 37.1 Å². The smallest absolute Gasteiger partial charge is 0.242 e. The Balaban J connectivity index is 2.17. The second-order valence-corrected chi connectivity index (χ2v) is 4.34. The van der Waals surface area contributed by atoms with Crippen LogP contribution in [0.3, 0.4) is 0 Å². The Morgan fingerprint density at radius 3 is 2.81 bits per heavy atom. The molecule has 3 heteroatoms. The lowest BCUT2D eigenvalue weighted by Crippen LogP contribution is -2.29. The topological polar surface area (TPSA) is 12.0 Å². The summed E-state index contributed by atoms with van der Waals surface area (Å²) < 4.78 is 24.9. The van der Waals surface area contributed by atoms with E-state index in [9.17, 15) is 8.78 Å². The average Bonchev–Trinajstić information content (AvgIpc) is 2.30. The summed E-state index contributed by atoms with van der Waals surface area (Å²) in [6.45, 7) is 1.97. The lowest BCUT2D eigenvalue weighted by molar-refractivity contribution is 0.148. The Morgan fingerprint density at radius 1 is 1.31 bits per heavy atom. The lowest BCUT2D eigenvalue weighted by atomic mass is 9.87. The van der Waals surface area contributed by atoms with Crippen LogP contribution in [-0.4, -0.2) is 19.5 Å². The molecule has 1 aliphatic rings. The van der Waals surface area contributed by atoms with Gasteiger partial charge in [0.2, 0.25) is 6.43 Å². The van der Waals surface area contributed by atoms with Gasteiger partial charge < -0.3 is 5.32 Å².